The van der Waals surface area contributed by atoms with Crippen LogP contribution in [-0.2, 0) is 11.8 Å². The van der Waals surface area contributed by atoms with Crippen LogP contribution in [0, 0.1) is 0 Å². The lowest BCUT2D eigenvalue weighted by atomic mass is 9.90. The SMILES string of the molecule is Cn1nc(C(=O)NC2(C(=O)O)CCCCCC2)ccc1=O. The first kappa shape index (κ1) is 15.2. The second-order valence-electron chi connectivity index (χ2n) is 5.44. The fourth-order valence-electron chi connectivity index (χ4n) is 2.63. The molecular formula is C14H19N3O4. The van der Waals surface area contributed by atoms with Crippen molar-refractivity contribution in [2.24, 2.45) is 7.05 Å². The number of rotatable bonds is 3. The lowest BCUT2D eigenvalue weighted by molar-refractivity contribution is -0.145. The third-order valence-corrected chi connectivity index (χ3v) is 3.91. The van der Waals surface area contributed by atoms with Crippen molar-refractivity contribution in [3.8, 4) is 0 Å². The predicted octanol–water partition coefficient (Wildman–Crippen LogP) is 0.688. The first-order valence-corrected chi connectivity index (χ1v) is 7.05. The molecule has 7 nitrogen and oxygen atoms in total. The summed E-state index contributed by atoms with van der Waals surface area (Å²) in [5.41, 5.74) is -1.51. The van der Waals surface area contributed by atoms with Crippen molar-refractivity contribution >= 4 is 11.9 Å². The number of nitrogens with one attached hydrogen (secondary N) is 1. The summed E-state index contributed by atoms with van der Waals surface area (Å²) in [6, 6.07) is 2.55. The lowest BCUT2D eigenvalue weighted by Gasteiger charge is -2.29. The van der Waals surface area contributed by atoms with Crippen LogP contribution in [0.1, 0.15) is 49.0 Å². The van der Waals surface area contributed by atoms with Crippen LogP contribution < -0.4 is 10.9 Å². The fraction of sp³-hybridized carbons (Fsp3) is 0.571. The number of aromatic nitrogens is 2. The number of carbonyl (C=O) groups excluding carboxylic acids is 1. The van der Waals surface area contributed by atoms with Gasteiger partial charge in [-0.2, -0.15) is 5.10 Å². The topological polar surface area (TPSA) is 101 Å². The Kier molecular flexibility index (Phi) is 4.40. The number of carboxylic acids is 1. The van der Waals surface area contributed by atoms with E-state index in [1.165, 1.54) is 19.2 Å². The molecule has 1 saturated carbocycles. The van der Waals surface area contributed by atoms with Crippen LogP contribution in [0.5, 0.6) is 0 Å². The minimum Gasteiger partial charge on any atom is -0.480 e. The first-order chi connectivity index (χ1) is 9.94. The van der Waals surface area contributed by atoms with Gasteiger partial charge in [0.2, 0.25) is 0 Å². The van der Waals surface area contributed by atoms with Crippen LogP contribution in [0.2, 0.25) is 0 Å². The van der Waals surface area contributed by atoms with Crippen LogP contribution in [0.3, 0.4) is 0 Å². The van der Waals surface area contributed by atoms with Crippen LogP contribution in [0.15, 0.2) is 16.9 Å². The Hall–Kier alpha value is -2.18. The van der Waals surface area contributed by atoms with E-state index < -0.39 is 17.4 Å². The first-order valence-electron chi connectivity index (χ1n) is 7.05. The van der Waals surface area contributed by atoms with Gasteiger partial charge in [0, 0.05) is 13.1 Å². The Morgan fingerprint density at radius 1 is 1.24 bits per heavy atom. The van der Waals surface area contributed by atoms with Crippen molar-refractivity contribution in [3.05, 3.63) is 28.2 Å². The second-order valence-corrected chi connectivity index (χ2v) is 5.44. The van der Waals surface area contributed by atoms with E-state index in [1.54, 1.807) is 0 Å². The molecule has 7 heteroatoms. The molecule has 1 aromatic heterocycles. The van der Waals surface area contributed by atoms with E-state index in [0.29, 0.717) is 12.8 Å². The molecule has 0 unspecified atom stereocenters. The van der Waals surface area contributed by atoms with Crippen LogP contribution >= 0.6 is 0 Å². The monoisotopic (exact) mass is 293 g/mol. The maximum absolute atomic E-state index is 12.2. The molecule has 0 aromatic carbocycles. The largest absolute Gasteiger partial charge is 0.480 e. The zero-order chi connectivity index (χ0) is 15.5. The number of hydrogen-bond donors (Lipinski definition) is 2. The normalized spacial score (nSPS) is 17.8. The van der Waals surface area contributed by atoms with Crippen LogP contribution in [0.4, 0.5) is 0 Å². The van der Waals surface area contributed by atoms with Crippen LogP contribution in [0.25, 0.3) is 0 Å². The zero-order valence-corrected chi connectivity index (χ0v) is 12.0. The van der Waals surface area contributed by atoms with Gasteiger partial charge in [-0.1, -0.05) is 25.7 Å². The van der Waals surface area contributed by atoms with E-state index >= 15 is 0 Å². The summed E-state index contributed by atoms with van der Waals surface area (Å²) in [5, 5.41) is 16.0. The molecule has 0 spiro atoms. The number of carbonyl (C=O) groups is 2. The van der Waals surface area contributed by atoms with Gasteiger partial charge in [-0.05, 0) is 18.9 Å². The molecule has 2 N–H and O–H groups in total. The average Bonchev–Trinajstić information content (AvgIpc) is 2.68. The van der Waals surface area contributed by atoms with Crippen molar-refractivity contribution in [3.63, 3.8) is 0 Å². The minimum absolute atomic E-state index is 0.0435. The van der Waals surface area contributed by atoms with Gasteiger partial charge in [-0.25, -0.2) is 9.48 Å². The van der Waals surface area contributed by atoms with E-state index in [0.717, 1.165) is 30.4 Å². The molecule has 0 bridgehead atoms. The van der Waals surface area contributed by atoms with E-state index in [-0.39, 0.29) is 11.3 Å². The van der Waals surface area contributed by atoms with Crippen molar-refractivity contribution < 1.29 is 14.7 Å². The maximum Gasteiger partial charge on any atom is 0.329 e. The summed E-state index contributed by atoms with van der Waals surface area (Å²) in [5.74, 6) is -1.57. The molecule has 1 aliphatic carbocycles. The molecule has 114 valence electrons. The van der Waals surface area contributed by atoms with Gasteiger partial charge in [0.05, 0.1) is 0 Å². The molecule has 1 amide bonds. The molecule has 1 fully saturated rings. The Balaban J connectivity index is 2.23. The molecule has 0 atom stereocenters. The quantitative estimate of drug-likeness (QED) is 0.798. The Morgan fingerprint density at radius 2 is 1.86 bits per heavy atom. The molecular weight excluding hydrogens is 274 g/mol. The summed E-state index contributed by atoms with van der Waals surface area (Å²) in [6.07, 6.45) is 4.33. The zero-order valence-electron chi connectivity index (χ0n) is 12.0. The van der Waals surface area contributed by atoms with Crippen molar-refractivity contribution in [1.82, 2.24) is 15.1 Å². The van der Waals surface area contributed by atoms with Gasteiger partial charge in [0.1, 0.15) is 11.2 Å². The summed E-state index contributed by atoms with van der Waals surface area (Å²) >= 11 is 0. The van der Waals surface area contributed by atoms with Gasteiger partial charge in [0.15, 0.2) is 0 Å². The van der Waals surface area contributed by atoms with E-state index in [1.807, 2.05) is 0 Å². The minimum atomic E-state index is -1.23. The number of carboxylic acid groups (broad SMARTS) is 1. The van der Waals surface area contributed by atoms with Gasteiger partial charge in [-0.15, -0.1) is 0 Å². The second kappa shape index (κ2) is 6.07. The summed E-state index contributed by atoms with van der Waals surface area (Å²) in [4.78, 5) is 35.1. The van der Waals surface area contributed by atoms with Crippen molar-refractivity contribution in [2.75, 3.05) is 0 Å². The van der Waals surface area contributed by atoms with Crippen LogP contribution in [-0.4, -0.2) is 32.3 Å². The number of nitrogens with zero attached hydrogens (tertiary/aromatic N) is 2. The molecule has 2 rings (SSSR count). The highest BCUT2D eigenvalue weighted by Crippen LogP contribution is 2.27. The average molecular weight is 293 g/mol. The number of aryl methyl sites for hydroxylation is 1. The summed E-state index contributed by atoms with van der Waals surface area (Å²) in [7, 11) is 1.44. The molecule has 1 aromatic rings. The van der Waals surface area contributed by atoms with Gasteiger partial charge in [0.25, 0.3) is 11.5 Å². The molecule has 0 radical (unpaired) electrons. The molecule has 21 heavy (non-hydrogen) atoms. The highest BCUT2D eigenvalue weighted by Gasteiger charge is 2.40. The molecule has 1 heterocycles. The van der Waals surface area contributed by atoms with Crippen molar-refractivity contribution in [2.45, 2.75) is 44.1 Å². The summed E-state index contributed by atoms with van der Waals surface area (Å²) in [6.45, 7) is 0. The predicted molar refractivity (Wildman–Crippen MR) is 75.0 cm³/mol. The fourth-order valence-corrected chi connectivity index (χ4v) is 2.63. The maximum atomic E-state index is 12.2. The van der Waals surface area contributed by atoms with Crippen molar-refractivity contribution in [1.29, 1.82) is 0 Å². The number of hydrogen-bond acceptors (Lipinski definition) is 4. The van der Waals surface area contributed by atoms with E-state index in [9.17, 15) is 19.5 Å². The molecule has 0 saturated heterocycles. The third-order valence-electron chi connectivity index (χ3n) is 3.91. The lowest BCUT2D eigenvalue weighted by Crippen LogP contribution is -2.54. The summed E-state index contributed by atoms with van der Waals surface area (Å²) < 4.78 is 1.05. The van der Waals surface area contributed by atoms with E-state index in [2.05, 4.69) is 10.4 Å². The van der Waals surface area contributed by atoms with E-state index in [4.69, 9.17) is 0 Å². The number of amides is 1. The van der Waals surface area contributed by atoms with Gasteiger partial charge in [-0.3, -0.25) is 9.59 Å². The Labute approximate surface area is 122 Å². The highest BCUT2D eigenvalue weighted by atomic mass is 16.4. The Bertz CT molecular complexity index is 600. The smallest absolute Gasteiger partial charge is 0.329 e. The number of aliphatic carboxylic acids is 1. The third kappa shape index (κ3) is 3.29. The highest BCUT2D eigenvalue weighted by molar-refractivity contribution is 5.96. The standard InChI is InChI=1S/C14H19N3O4/c1-17-11(18)7-6-10(16-17)12(19)15-14(13(20)21)8-4-2-3-5-9-14/h6-7H,2-5,8-9H2,1H3,(H,15,19)(H,20,21). The van der Waals surface area contributed by atoms with Gasteiger partial charge >= 0.3 is 5.97 Å². The Morgan fingerprint density at radius 3 is 2.38 bits per heavy atom. The van der Waals surface area contributed by atoms with Gasteiger partial charge < -0.3 is 10.4 Å². The molecule has 1 aliphatic rings. The molecule has 0 aliphatic heterocycles.